The fourth-order valence-corrected chi connectivity index (χ4v) is 1.76. The first kappa shape index (κ1) is 15.5. The van der Waals surface area contributed by atoms with Crippen molar-refractivity contribution in [3.8, 4) is 5.75 Å². The topological polar surface area (TPSA) is 88.5 Å². The molecule has 0 atom stereocenters. The van der Waals surface area contributed by atoms with Crippen molar-refractivity contribution in [2.24, 2.45) is 0 Å². The van der Waals surface area contributed by atoms with E-state index >= 15 is 0 Å². The summed E-state index contributed by atoms with van der Waals surface area (Å²) < 4.78 is 5.43. The molecule has 114 valence electrons. The summed E-state index contributed by atoms with van der Waals surface area (Å²) in [5.41, 5.74) is 0.642. The van der Waals surface area contributed by atoms with Crippen LogP contribution in [0.3, 0.4) is 0 Å². The lowest BCUT2D eigenvalue weighted by Gasteiger charge is -2.07. The molecule has 0 unspecified atom stereocenters. The average Bonchev–Trinajstić information content (AvgIpc) is 2.54. The van der Waals surface area contributed by atoms with Gasteiger partial charge in [0.1, 0.15) is 5.75 Å². The van der Waals surface area contributed by atoms with Crippen LogP contribution in [0.15, 0.2) is 48.7 Å². The number of carbonyl (C=O) groups excluding carboxylic acids is 1. The van der Waals surface area contributed by atoms with Gasteiger partial charge in [0.25, 0.3) is 0 Å². The highest BCUT2D eigenvalue weighted by Crippen LogP contribution is 2.08. The fourth-order valence-electron chi connectivity index (χ4n) is 1.76. The Hall–Kier alpha value is -2.89. The highest BCUT2D eigenvalue weighted by Gasteiger charge is 2.06. The summed E-state index contributed by atoms with van der Waals surface area (Å²) in [5.74, 6) is -0.490. The van der Waals surface area contributed by atoms with E-state index in [-0.39, 0.29) is 31.0 Å². The molecule has 0 bridgehead atoms. The lowest BCUT2D eigenvalue weighted by Crippen LogP contribution is -2.25. The number of carboxylic acids is 1. The van der Waals surface area contributed by atoms with Crippen molar-refractivity contribution in [1.29, 1.82) is 0 Å². The van der Waals surface area contributed by atoms with Crippen molar-refractivity contribution in [3.63, 3.8) is 0 Å². The molecule has 0 fully saturated rings. The first-order valence-corrected chi connectivity index (χ1v) is 6.78. The molecule has 0 saturated heterocycles. The molecular weight excluding hydrogens is 284 g/mol. The number of amides is 1. The average molecular weight is 300 g/mol. The fraction of sp³-hybridized carbons (Fsp3) is 0.188. The molecule has 0 aliphatic carbocycles. The van der Waals surface area contributed by atoms with Crippen LogP contribution in [0.1, 0.15) is 22.5 Å². The predicted octanol–water partition coefficient (Wildman–Crippen LogP) is 1.87. The second kappa shape index (κ2) is 7.78. The van der Waals surface area contributed by atoms with Gasteiger partial charge < -0.3 is 15.2 Å². The number of carboxylic acid groups (broad SMARTS) is 1. The molecule has 2 N–H and O–H groups in total. The van der Waals surface area contributed by atoms with Crippen LogP contribution < -0.4 is 10.1 Å². The van der Waals surface area contributed by atoms with Gasteiger partial charge in [-0.1, -0.05) is 18.2 Å². The van der Waals surface area contributed by atoms with E-state index in [9.17, 15) is 9.59 Å². The summed E-state index contributed by atoms with van der Waals surface area (Å²) in [7, 11) is 0. The van der Waals surface area contributed by atoms with Crippen LogP contribution in [-0.2, 0) is 11.3 Å². The number of para-hydroxylation sites is 1. The second-order valence-corrected chi connectivity index (χ2v) is 4.53. The molecule has 0 aliphatic heterocycles. The third kappa shape index (κ3) is 4.90. The van der Waals surface area contributed by atoms with Crippen molar-refractivity contribution in [3.05, 3.63) is 59.9 Å². The van der Waals surface area contributed by atoms with Gasteiger partial charge in [-0.2, -0.15) is 0 Å². The smallest absolute Gasteiger partial charge is 0.335 e. The van der Waals surface area contributed by atoms with Gasteiger partial charge in [-0.3, -0.25) is 9.78 Å². The van der Waals surface area contributed by atoms with Crippen LogP contribution in [0.2, 0.25) is 0 Å². The SMILES string of the molecule is O=C(CCOc1ccccc1)NCc1cc(C(=O)O)ccn1. The number of nitrogens with one attached hydrogen (secondary N) is 1. The van der Waals surface area contributed by atoms with E-state index in [4.69, 9.17) is 9.84 Å². The minimum atomic E-state index is -1.02. The highest BCUT2D eigenvalue weighted by atomic mass is 16.5. The number of hydrogen-bond acceptors (Lipinski definition) is 4. The Bertz CT molecular complexity index is 644. The van der Waals surface area contributed by atoms with Gasteiger partial charge in [-0.15, -0.1) is 0 Å². The van der Waals surface area contributed by atoms with E-state index in [1.807, 2.05) is 30.3 Å². The van der Waals surface area contributed by atoms with Crippen LogP contribution in [0.5, 0.6) is 5.75 Å². The van der Waals surface area contributed by atoms with E-state index < -0.39 is 5.97 Å². The third-order valence-corrected chi connectivity index (χ3v) is 2.87. The Labute approximate surface area is 127 Å². The van der Waals surface area contributed by atoms with Crippen molar-refractivity contribution in [1.82, 2.24) is 10.3 Å². The molecule has 1 aromatic carbocycles. The molecule has 2 aromatic rings. The zero-order chi connectivity index (χ0) is 15.8. The summed E-state index contributed by atoms with van der Waals surface area (Å²) in [5, 5.41) is 11.6. The molecule has 1 heterocycles. The molecular formula is C16H16N2O4. The summed E-state index contributed by atoms with van der Waals surface area (Å²) in [6, 6.07) is 12.1. The number of benzene rings is 1. The number of rotatable bonds is 7. The molecule has 0 spiro atoms. The minimum Gasteiger partial charge on any atom is -0.493 e. The van der Waals surface area contributed by atoms with Crippen molar-refractivity contribution in [2.75, 3.05) is 6.61 Å². The minimum absolute atomic E-state index is 0.145. The molecule has 22 heavy (non-hydrogen) atoms. The normalized spacial score (nSPS) is 10.0. The van der Waals surface area contributed by atoms with Gasteiger partial charge in [0.2, 0.25) is 5.91 Å². The number of nitrogens with zero attached hydrogens (tertiary/aromatic N) is 1. The first-order chi connectivity index (χ1) is 10.6. The number of hydrogen-bond donors (Lipinski definition) is 2. The van der Waals surface area contributed by atoms with Gasteiger partial charge >= 0.3 is 5.97 Å². The number of aromatic carboxylic acids is 1. The van der Waals surface area contributed by atoms with E-state index in [0.717, 1.165) is 0 Å². The standard InChI is InChI=1S/C16H16N2O4/c19-15(7-9-22-14-4-2-1-3-5-14)18-11-13-10-12(16(20)21)6-8-17-13/h1-6,8,10H,7,9,11H2,(H,18,19)(H,20,21). The largest absolute Gasteiger partial charge is 0.493 e. The lowest BCUT2D eigenvalue weighted by atomic mass is 10.2. The van der Waals surface area contributed by atoms with Crippen LogP contribution in [-0.4, -0.2) is 28.6 Å². The summed E-state index contributed by atoms with van der Waals surface area (Å²) >= 11 is 0. The van der Waals surface area contributed by atoms with Gasteiger partial charge in [-0.25, -0.2) is 4.79 Å². The van der Waals surface area contributed by atoms with E-state index in [0.29, 0.717) is 11.4 Å². The van der Waals surface area contributed by atoms with Crippen LogP contribution in [0, 0.1) is 0 Å². The summed E-state index contributed by atoms with van der Waals surface area (Å²) in [6.45, 7) is 0.462. The maximum absolute atomic E-state index is 11.7. The molecule has 0 radical (unpaired) electrons. The molecule has 1 amide bonds. The van der Waals surface area contributed by atoms with Gasteiger partial charge in [0.05, 0.1) is 30.8 Å². The van der Waals surface area contributed by atoms with Crippen molar-refractivity contribution in [2.45, 2.75) is 13.0 Å². The Morgan fingerprint density at radius 1 is 1.18 bits per heavy atom. The zero-order valence-electron chi connectivity index (χ0n) is 11.9. The Morgan fingerprint density at radius 3 is 2.68 bits per heavy atom. The van der Waals surface area contributed by atoms with Gasteiger partial charge in [0, 0.05) is 6.20 Å². The van der Waals surface area contributed by atoms with Crippen LogP contribution in [0.25, 0.3) is 0 Å². The molecule has 6 nitrogen and oxygen atoms in total. The number of carbonyl (C=O) groups is 2. The summed E-state index contributed by atoms with van der Waals surface area (Å²) in [4.78, 5) is 26.5. The predicted molar refractivity (Wildman–Crippen MR) is 79.6 cm³/mol. The molecule has 2 rings (SSSR count). The lowest BCUT2D eigenvalue weighted by molar-refractivity contribution is -0.121. The van der Waals surface area contributed by atoms with Gasteiger partial charge in [0.15, 0.2) is 0 Å². The highest BCUT2D eigenvalue weighted by molar-refractivity contribution is 5.87. The van der Waals surface area contributed by atoms with Crippen LogP contribution in [0.4, 0.5) is 0 Å². The number of aromatic nitrogens is 1. The first-order valence-electron chi connectivity index (χ1n) is 6.78. The summed E-state index contributed by atoms with van der Waals surface area (Å²) in [6.07, 6.45) is 1.62. The molecule has 6 heteroatoms. The number of pyridine rings is 1. The van der Waals surface area contributed by atoms with E-state index in [1.165, 1.54) is 18.3 Å². The second-order valence-electron chi connectivity index (χ2n) is 4.53. The zero-order valence-corrected chi connectivity index (χ0v) is 11.9. The molecule has 0 aliphatic rings. The van der Waals surface area contributed by atoms with Crippen molar-refractivity contribution < 1.29 is 19.4 Å². The molecule has 1 aromatic heterocycles. The van der Waals surface area contributed by atoms with Crippen molar-refractivity contribution >= 4 is 11.9 Å². The molecule has 0 saturated carbocycles. The Morgan fingerprint density at radius 2 is 1.95 bits per heavy atom. The van der Waals surface area contributed by atoms with E-state index in [1.54, 1.807) is 0 Å². The third-order valence-electron chi connectivity index (χ3n) is 2.87. The maximum Gasteiger partial charge on any atom is 0.335 e. The quantitative estimate of drug-likeness (QED) is 0.815. The van der Waals surface area contributed by atoms with Crippen LogP contribution >= 0.6 is 0 Å². The van der Waals surface area contributed by atoms with E-state index in [2.05, 4.69) is 10.3 Å². The Balaban J connectivity index is 1.73. The Kier molecular flexibility index (Phi) is 5.48. The monoisotopic (exact) mass is 300 g/mol. The van der Waals surface area contributed by atoms with Gasteiger partial charge in [-0.05, 0) is 24.3 Å². The number of ether oxygens (including phenoxy) is 1. The maximum atomic E-state index is 11.7.